The van der Waals surface area contributed by atoms with Gasteiger partial charge in [0.15, 0.2) is 0 Å². The van der Waals surface area contributed by atoms with Crippen LogP contribution in [0.1, 0.15) is 11.1 Å². The van der Waals surface area contributed by atoms with Gasteiger partial charge in [0.25, 0.3) is 0 Å². The molecule has 0 aliphatic rings. The molecule has 0 aliphatic heterocycles. The van der Waals surface area contributed by atoms with Crippen molar-refractivity contribution in [2.45, 2.75) is 6.61 Å². The summed E-state index contributed by atoms with van der Waals surface area (Å²) in [5.41, 5.74) is 1.83. The smallest absolute Gasteiger partial charge is 0.120 e. The molecule has 3 nitrogen and oxygen atoms in total. The zero-order chi connectivity index (χ0) is 13.7. The highest BCUT2D eigenvalue weighted by atomic mass is 35.5. The quantitative estimate of drug-likeness (QED) is 0.529. The Labute approximate surface area is 121 Å². The van der Waals surface area contributed by atoms with Crippen molar-refractivity contribution in [3.8, 4) is 5.75 Å². The largest absolute Gasteiger partial charge is 0.489 e. The van der Waals surface area contributed by atoms with Gasteiger partial charge in [0.1, 0.15) is 12.4 Å². The van der Waals surface area contributed by atoms with Crippen molar-refractivity contribution in [2.24, 2.45) is 10.9 Å². The van der Waals surface area contributed by atoms with Gasteiger partial charge in [-0.2, -0.15) is 5.10 Å². The van der Waals surface area contributed by atoms with Gasteiger partial charge in [-0.1, -0.05) is 41.4 Å². The Hall–Kier alpha value is -1.71. The van der Waals surface area contributed by atoms with Gasteiger partial charge in [0.2, 0.25) is 0 Å². The molecule has 2 N–H and O–H groups in total. The van der Waals surface area contributed by atoms with Gasteiger partial charge >= 0.3 is 0 Å². The van der Waals surface area contributed by atoms with E-state index in [4.69, 9.17) is 33.8 Å². The van der Waals surface area contributed by atoms with Crippen molar-refractivity contribution in [2.75, 3.05) is 0 Å². The Kier molecular flexibility index (Phi) is 4.66. The standard InChI is InChI=1S/C14H12Cl2N2O/c15-13-5-4-11(7-14(13)16)9-19-12-3-1-2-10(6-12)8-18-17/h1-8H,9,17H2. The number of hydrazone groups is 1. The zero-order valence-corrected chi connectivity index (χ0v) is 11.5. The fraction of sp³-hybridized carbons (Fsp3) is 0.0714. The number of hydrogen-bond donors (Lipinski definition) is 1. The van der Waals surface area contributed by atoms with Crippen LogP contribution in [0, 0.1) is 0 Å². The minimum absolute atomic E-state index is 0.417. The lowest BCUT2D eigenvalue weighted by atomic mass is 10.2. The maximum Gasteiger partial charge on any atom is 0.120 e. The monoisotopic (exact) mass is 294 g/mol. The van der Waals surface area contributed by atoms with E-state index in [-0.39, 0.29) is 0 Å². The van der Waals surface area contributed by atoms with Crippen LogP contribution in [0.5, 0.6) is 5.75 Å². The molecule has 0 fully saturated rings. The third kappa shape index (κ3) is 3.88. The van der Waals surface area contributed by atoms with E-state index in [1.165, 1.54) is 0 Å². The van der Waals surface area contributed by atoms with Crippen molar-refractivity contribution in [1.82, 2.24) is 0 Å². The van der Waals surface area contributed by atoms with Crippen LogP contribution >= 0.6 is 23.2 Å². The molecule has 0 amide bonds. The molecule has 0 bridgehead atoms. The highest BCUT2D eigenvalue weighted by molar-refractivity contribution is 6.42. The third-order valence-electron chi connectivity index (χ3n) is 2.47. The van der Waals surface area contributed by atoms with Gasteiger partial charge < -0.3 is 10.6 Å². The van der Waals surface area contributed by atoms with Crippen molar-refractivity contribution in [1.29, 1.82) is 0 Å². The Morgan fingerprint density at radius 1 is 1.11 bits per heavy atom. The van der Waals surface area contributed by atoms with Gasteiger partial charge in [-0.15, -0.1) is 0 Å². The summed E-state index contributed by atoms with van der Waals surface area (Å²) in [7, 11) is 0. The molecule has 0 radical (unpaired) electrons. The van der Waals surface area contributed by atoms with Crippen LogP contribution < -0.4 is 10.6 Å². The Balaban J connectivity index is 2.05. The molecule has 2 rings (SSSR count). The molecule has 5 heteroatoms. The maximum atomic E-state index is 5.94. The number of benzene rings is 2. The van der Waals surface area contributed by atoms with Crippen LogP contribution in [-0.2, 0) is 6.61 Å². The zero-order valence-electron chi connectivity index (χ0n) is 10.0. The van der Waals surface area contributed by atoms with Crippen molar-refractivity contribution >= 4 is 29.4 Å². The summed E-state index contributed by atoms with van der Waals surface area (Å²) < 4.78 is 5.67. The second-order valence-corrected chi connectivity index (χ2v) is 4.70. The molecule has 0 aliphatic carbocycles. The lowest BCUT2D eigenvalue weighted by Gasteiger charge is -2.07. The highest BCUT2D eigenvalue weighted by Crippen LogP contribution is 2.23. The van der Waals surface area contributed by atoms with E-state index in [2.05, 4.69) is 5.10 Å². The molecular formula is C14H12Cl2N2O. The molecule has 2 aromatic rings. The molecule has 0 aromatic heterocycles. The van der Waals surface area contributed by atoms with Crippen molar-refractivity contribution < 1.29 is 4.74 Å². The van der Waals surface area contributed by atoms with E-state index in [1.54, 1.807) is 18.3 Å². The molecular weight excluding hydrogens is 283 g/mol. The predicted molar refractivity (Wildman–Crippen MR) is 79.0 cm³/mol. The lowest BCUT2D eigenvalue weighted by molar-refractivity contribution is 0.306. The number of ether oxygens (including phenoxy) is 1. The van der Waals surface area contributed by atoms with E-state index in [0.29, 0.717) is 16.7 Å². The first kappa shape index (κ1) is 13.7. The minimum Gasteiger partial charge on any atom is -0.489 e. The van der Waals surface area contributed by atoms with E-state index in [9.17, 15) is 0 Å². The SMILES string of the molecule is NN=Cc1cccc(OCc2ccc(Cl)c(Cl)c2)c1. The van der Waals surface area contributed by atoms with Crippen LogP contribution in [0.15, 0.2) is 47.6 Å². The maximum absolute atomic E-state index is 5.94. The van der Waals surface area contributed by atoms with Gasteiger partial charge in [-0.3, -0.25) is 0 Å². The van der Waals surface area contributed by atoms with Crippen LogP contribution in [0.3, 0.4) is 0 Å². The average Bonchev–Trinajstić information content (AvgIpc) is 2.41. The fourth-order valence-electron chi connectivity index (χ4n) is 1.57. The molecule has 0 saturated heterocycles. The first-order valence-electron chi connectivity index (χ1n) is 5.59. The fourth-order valence-corrected chi connectivity index (χ4v) is 1.89. The van der Waals surface area contributed by atoms with E-state index in [1.807, 2.05) is 30.3 Å². The van der Waals surface area contributed by atoms with Crippen molar-refractivity contribution in [3.63, 3.8) is 0 Å². The van der Waals surface area contributed by atoms with Gasteiger partial charge in [-0.25, -0.2) is 0 Å². The Morgan fingerprint density at radius 3 is 2.68 bits per heavy atom. The highest BCUT2D eigenvalue weighted by Gasteiger charge is 2.01. The summed E-state index contributed by atoms with van der Waals surface area (Å²) in [5.74, 6) is 5.85. The van der Waals surface area contributed by atoms with Crippen molar-refractivity contribution in [3.05, 3.63) is 63.6 Å². The molecule has 98 valence electrons. The second-order valence-electron chi connectivity index (χ2n) is 3.89. The Morgan fingerprint density at radius 2 is 1.95 bits per heavy atom. The summed E-state index contributed by atoms with van der Waals surface area (Å²) in [6.45, 7) is 0.417. The molecule has 0 spiro atoms. The average molecular weight is 295 g/mol. The summed E-state index contributed by atoms with van der Waals surface area (Å²) in [6.07, 6.45) is 1.56. The normalized spacial score (nSPS) is 10.8. The predicted octanol–water partition coefficient (Wildman–Crippen LogP) is 3.87. The summed E-state index contributed by atoms with van der Waals surface area (Å²) >= 11 is 11.8. The number of nitrogens with two attached hydrogens (primary N) is 1. The van der Waals surface area contributed by atoms with E-state index < -0.39 is 0 Å². The minimum atomic E-state index is 0.417. The summed E-state index contributed by atoms with van der Waals surface area (Å²) in [6, 6.07) is 12.9. The number of nitrogens with zero attached hydrogens (tertiary/aromatic N) is 1. The molecule has 0 heterocycles. The summed E-state index contributed by atoms with van der Waals surface area (Å²) in [4.78, 5) is 0. The number of rotatable bonds is 4. The molecule has 0 saturated carbocycles. The summed E-state index contributed by atoms with van der Waals surface area (Å²) in [5, 5.41) is 4.53. The topological polar surface area (TPSA) is 47.6 Å². The van der Waals surface area contributed by atoms with Gasteiger partial charge in [0, 0.05) is 0 Å². The van der Waals surface area contributed by atoms with Crippen LogP contribution in [0.2, 0.25) is 10.0 Å². The van der Waals surface area contributed by atoms with Crippen LogP contribution in [0.25, 0.3) is 0 Å². The number of hydrogen-bond acceptors (Lipinski definition) is 3. The number of halogens is 2. The van der Waals surface area contributed by atoms with E-state index in [0.717, 1.165) is 16.9 Å². The molecule has 0 unspecified atom stereocenters. The molecule has 0 atom stereocenters. The molecule has 19 heavy (non-hydrogen) atoms. The third-order valence-corrected chi connectivity index (χ3v) is 3.21. The van der Waals surface area contributed by atoms with Gasteiger partial charge in [-0.05, 0) is 35.4 Å². The van der Waals surface area contributed by atoms with Crippen LogP contribution in [0.4, 0.5) is 0 Å². The van der Waals surface area contributed by atoms with Crippen LogP contribution in [-0.4, -0.2) is 6.21 Å². The second kappa shape index (κ2) is 6.45. The first-order valence-corrected chi connectivity index (χ1v) is 6.34. The molecule has 2 aromatic carbocycles. The lowest BCUT2D eigenvalue weighted by Crippen LogP contribution is -1.96. The van der Waals surface area contributed by atoms with Gasteiger partial charge in [0.05, 0.1) is 16.3 Å². The first-order chi connectivity index (χ1) is 9.19. The van der Waals surface area contributed by atoms with E-state index >= 15 is 0 Å². The Bertz CT molecular complexity index is 600.